The number of aliphatic hydroxyl groups is 1. The highest BCUT2D eigenvalue weighted by Crippen LogP contribution is 2.41. The zero-order valence-corrected chi connectivity index (χ0v) is 13.5. The molecule has 4 nitrogen and oxygen atoms in total. The molecule has 1 N–H and O–H groups in total. The highest BCUT2D eigenvalue weighted by atomic mass is 79.9. The number of likely N-dealkylation sites (N-methyl/N-ethyl adjacent to an activating group) is 1. The van der Waals surface area contributed by atoms with E-state index in [-0.39, 0.29) is 12.2 Å². The first kappa shape index (κ1) is 14.9. The number of Topliss-reactive ketones (excluding diaryl/α,β-unsaturated/α-hetero) is 1. The third kappa shape index (κ3) is 2.26. The van der Waals surface area contributed by atoms with Gasteiger partial charge in [-0.3, -0.25) is 9.59 Å². The van der Waals surface area contributed by atoms with Crippen molar-refractivity contribution in [2.75, 3.05) is 11.9 Å². The average Bonchev–Trinajstić information content (AvgIpc) is 2.70. The van der Waals surface area contributed by atoms with Crippen molar-refractivity contribution in [2.45, 2.75) is 12.0 Å². The van der Waals surface area contributed by atoms with Crippen molar-refractivity contribution in [2.24, 2.45) is 0 Å². The van der Waals surface area contributed by atoms with Gasteiger partial charge in [0.05, 0.1) is 12.1 Å². The summed E-state index contributed by atoms with van der Waals surface area (Å²) in [4.78, 5) is 26.3. The molecule has 0 bridgehead atoms. The predicted octanol–water partition coefficient (Wildman–Crippen LogP) is 2.89. The third-order valence-corrected chi connectivity index (χ3v) is 4.43. The van der Waals surface area contributed by atoms with Crippen LogP contribution in [0.2, 0.25) is 0 Å². The number of anilines is 1. The molecule has 1 aliphatic rings. The summed E-state index contributed by atoms with van der Waals surface area (Å²) in [5.41, 5.74) is -0.226. The summed E-state index contributed by atoms with van der Waals surface area (Å²) in [6.45, 7) is 0. The van der Waals surface area contributed by atoms with Gasteiger partial charge in [-0.2, -0.15) is 0 Å². The first-order chi connectivity index (χ1) is 10.4. The first-order valence-electron chi connectivity index (χ1n) is 6.82. The van der Waals surface area contributed by atoms with Crippen LogP contribution in [0.3, 0.4) is 0 Å². The molecule has 1 heterocycles. The summed E-state index contributed by atoms with van der Waals surface area (Å²) in [6.07, 6.45) is -0.274. The van der Waals surface area contributed by atoms with Crippen LogP contribution in [0.15, 0.2) is 53.0 Å². The van der Waals surface area contributed by atoms with Crippen molar-refractivity contribution in [1.29, 1.82) is 0 Å². The fourth-order valence-electron chi connectivity index (χ4n) is 2.79. The van der Waals surface area contributed by atoms with Crippen LogP contribution >= 0.6 is 15.9 Å². The molecule has 1 amide bonds. The summed E-state index contributed by atoms with van der Waals surface area (Å²) in [6, 6.07) is 13.9. The second-order valence-corrected chi connectivity index (χ2v) is 6.27. The Labute approximate surface area is 136 Å². The number of hydrogen-bond acceptors (Lipinski definition) is 3. The van der Waals surface area contributed by atoms with Crippen LogP contribution in [-0.2, 0) is 10.4 Å². The molecule has 3 rings (SSSR count). The van der Waals surface area contributed by atoms with Crippen LogP contribution in [0.5, 0.6) is 0 Å². The standard InChI is InChI=1S/C17H14BrNO3/c1-19-14-8-3-2-7-13(14)17(22,16(19)21)10-15(20)11-5-4-6-12(18)9-11/h2-9,22H,10H2,1H3/t17-/m0/s1. The molecule has 0 saturated heterocycles. The summed E-state index contributed by atoms with van der Waals surface area (Å²) < 4.78 is 0.778. The van der Waals surface area contributed by atoms with Gasteiger partial charge in [-0.1, -0.05) is 46.3 Å². The molecule has 0 unspecified atom stereocenters. The summed E-state index contributed by atoms with van der Waals surface area (Å²) >= 11 is 3.31. The van der Waals surface area contributed by atoms with Crippen LogP contribution in [0.1, 0.15) is 22.3 Å². The Kier molecular flexibility index (Phi) is 3.62. The van der Waals surface area contributed by atoms with Crippen molar-refractivity contribution in [3.63, 3.8) is 0 Å². The smallest absolute Gasteiger partial charge is 0.263 e. The Morgan fingerprint density at radius 2 is 1.95 bits per heavy atom. The molecule has 1 atom stereocenters. The lowest BCUT2D eigenvalue weighted by atomic mass is 9.88. The fraction of sp³-hybridized carbons (Fsp3) is 0.176. The van der Waals surface area contributed by atoms with Crippen LogP contribution < -0.4 is 4.90 Å². The van der Waals surface area contributed by atoms with Gasteiger partial charge in [0.25, 0.3) is 5.91 Å². The zero-order valence-electron chi connectivity index (χ0n) is 11.9. The van der Waals surface area contributed by atoms with Crippen LogP contribution in [-0.4, -0.2) is 23.8 Å². The van der Waals surface area contributed by atoms with Crippen molar-refractivity contribution in [1.82, 2.24) is 0 Å². The van der Waals surface area contributed by atoms with E-state index < -0.39 is 11.5 Å². The van der Waals surface area contributed by atoms with Crippen molar-refractivity contribution < 1.29 is 14.7 Å². The van der Waals surface area contributed by atoms with Crippen molar-refractivity contribution in [3.05, 3.63) is 64.1 Å². The van der Waals surface area contributed by atoms with E-state index in [0.29, 0.717) is 16.8 Å². The van der Waals surface area contributed by atoms with Crippen LogP contribution in [0.4, 0.5) is 5.69 Å². The lowest BCUT2D eigenvalue weighted by Crippen LogP contribution is -2.40. The van der Waals surface area contributed by atoms with Gasteiger partial charge in [0.1, 0.15) is 0 Å². The van der Waals surface area contributed by atoms with Crippen molar-refractivity contribution >= 4 is 33.3 Å². The molecule has 2 aromatic carbocycles. The molecule has 112 valence electrons. The molecule has 0 radical (unpaired) electrons. The number of benzene rings is 2. The van der Waals surface area contributed by atoms with E-state index in [0.717, 1.165) is 4.47 Å². The molecular weight excluding hydrogens is 346 g/mol. The number of nitrogens with zero attached hydrogens (tertiary/aromatic N) is 1. The maximum absolute atomic E-state index is 12.5. The fourth-order valence-corrected chi connectivity index (χ4v) is 3.18. The number of para-hydroxylation sites is 1. The van der Waals surface area contributed by atoms with Crippen LogP contribution in [0, 0.1) is 0 Å². The molecular formula is C17H14BrNO3. The van der Waals surface area contributed by atoms with Gasteiger partial charge in [-0.05, 0) is 18.2 Å². The van der Waals surface area contributed by atoms with Gasteiger partial charge in [-0.15, -0.1) is 0 Å². The molecule has 0 aromatic heterocycles. The van der Waals surface area contributed by atoms with E-state index >= 15 is 0 Å². The molecule has 2 aromatic rings. The number of carbonyl (C=O) groups excluding carboxylic acids is 2. The van der Waals surface area contributed by atoms with Gasteiger partial charge < -0.3 is 10.0 Å². The lowest BCUT2D eigenvalue weighted by Gasteiger charge is -2.21. The predicted molar refractivity (Wildman–Crippen MR) is 86.8 cm³/mol. The molecule has 0 aliphatic carbocycles. The van der Waals surface area contributed by atoms with E-state index in [9.17, 15) is 14.7 Å². The van der Waals surface area contributed by atoms with E-state index in [1.807, 2.05) is 6.07 Å². The minimum absolute atomic E-state index is 0.274. The highest BCUT2D eigenvalue weighted by molar-refractivity contribution is 9.10. The second-order valence-electron chi connectivity index (χ2n) is 5.35. The van der Waals surface area contributed by atoms with E-state index in [1.54, 1.807) is 49.5 Å². The normalized spacial score (nSPS) is 20.1. The first-order valence-corrected chi connectivity index (χ1v) is 7.61. The third-order valence-electron chi connectivity index (χ3n) is 3.93. The summed E-state index contributed by atoms with van der Waals surface area (Å²) in [5.74, 6) is -0.751. The molecule has 22 heavy (non-hydrogen) atoms. The minimum atomic E-state index is -1.80. The highest BCUT2D eigenvalue weighted by Gasteiger charge is 2.49. The van der Waals surface area contributed by atoms with Gasteiger partial charge in [0.15, 0.2) is 11.4 Å². The van der Waals surface area contributed by atoms with Gasteiger partial charge in [-0.25, -0.2) is 0 Å². The van der Waals surface area contributed by atoms with Gasteiger partial charge >= 0.3 is 0 Å². The average molecular weight is 360 g/mol. The maximum Gasteiger partial charge on any atom is 0.263 e. The number of amides is 1. The van der Waals surface area contributed by atoms with Crippen molar-refractivity contribution in [3.8, 4) is 0 Å². The number of hydrogen-bond donors (Lipinski definition) is 1. The van der Waals surface area contributed by atoms with Crippen LogP contribution in [0.25, 0.3) is 0 Å². The molecule has 5 heteroatoms. The summed E-state index contributed by atoms with van der Waals surface area (Å²) in [7, 11) is 1.60. The maximum atomic E-state index is 12.5. The van der Waals surface area contributed by atoms with E-state index in [1.165, 1.54) is 4.90 Å². The Morgan fingerprint density at radius 1 is 1.23 bits per heavy atom. The molecule has 1 aliphatic heterocycles. The zero-order chi connectivity index (χ0) is 15.9. The lowest BCUT2D eigenvalue weighted by molar-refractivity contribution is -0.135. The van der Waals surface area contributed by atoms with Gasteiger partial charge in [0.2, 0.25) is 0 Å². The number of fused-ring (bicyclic) bond motifs is 1. The number of rotatable bonds is 3. The quantitative estimate of drug-likeness (QED) is 0.857. The monoisotopic (exact) mass is 359 g/mol. The Bertz CT molecular complexity index is 774. The molecule has 0 spiro atoms. The topological polar surface area (TPSA) is 57.6 Å². The largest absolute Gasteiger partial charge is 0.375 e. The van der Waals surface area contributed by atoms with Gasteiger partial charge in [0, 0.05) is 22.6 Å². The molecule has 0 saturated carbocycles. The second kappa shape index (κ2) is 5.34. The van der Waals surface area contributed by atoms with E-state index in [2.05, 4.69) is 15.9 Å². The Hall–Kier alpha value is -1.98. The Morgan fingerprint density at radius 3 is 2.68 bits per heavy atom. The minimum Gasteiger partial charge on any atom is -0.375 e. The SMILES string of the molecule is CN1C(=O)[C@](O)(CC(=O)c2cccc(Br)c2)c2ccccc21. The number of halogens is 1. The Balaban J connectivity index is 1.98. The van der Waals surface area contributed by atoms with E-state index in [4.69, 9.17) is 0 Å². The summed E-state index contributed by atoms with van der Waals surface area (Å²) in [5, 5.41) is 10.9. The number of carbonyl (C=O) groups is 2. The number of ketones is 1. The molecule has 0 fully saturated rings.